The molecule has 1 amide bonds. The highest BCUT2D eigenvalue weighted by molar-refractivity contribution is 5.94. The molecule has 5 nitrogen and oxygen atoms in total. The van der Waals surface area contributed by atoms with Crippen LogP contribution in [0.25, 0.3) is 0 Å². The van der Waals surface area contributed by atoms with Crippen LogP contribution in [0.5, 0.6) is 0 Å². The van der Waals surface area contributed by atoms with Gasteiger partial charge in [-0.2, -0.15) is 13.2 Å². The van der Waals surface area contributed by atoms with E-state index in [1.54, 1.807) is 0 Å². The Morgan fingerprint density at radius 2 is 1.96 bits per heavy atom. The van der Waals surface area contributed by atoms with E-state index in [0.29, 0.717) is 26.1 Å². The van der Waals surface area contributed by atoms with Gasteiger partial charge in [0, 0.05) is 25.3 Å². The lowest BCUT2D eigenvalue weighted by molar-refractivity contribution is -0.144. The third-order valence-corrected chi connectivity index (χ3v) is 4.09. The van der Waals surface area contributed by atoms with Crippen LogP contribution in [0.2, 0.25) is 0 Å². The molecular formula is C16H18F3NO4. The fraction of sp³-hybridized carbons (Fsp3) is 0.500. The molecule has 0 saturated carbocycles. The van der Waals surface area contributed by atoms with E-state index in [-0.39, 0.29) is 18.0 Å². The molecule has 0 aromatic heterocycles. The molecule has 1 unspecified atom stereocenters. The van der Waals surface area contributed by atoms with Gasteiger partial charge in [0.15, 0.2) is 0 Å². The summed E-state index contributed by atoms with van der Waals surface area (Å²) in [5.74, 6) is -2.67. The van der Waals surface area contributed by atoms with Crippen LogP contribution in [0, 0.1) is 11.8 Å². The molecule has 0 aliphatic carbocycles. The largest absolute Gasteiger partial charge is 0.481 e. The van der Waals surface area contributed by atoms with Crippen LogP contribution in [-0.4, -0.2) is 36.7 Å². The minimum atomic E-state index is -4.54. The van der Waals surface area contributed by atoms with Crippen molar-refractivity contribution < 1.29 is 32.6 Å². The number of carboxylic acid groups (broad SMARTS) is 1. The highest BCUT2D eigenvalue weighted by atomic mass is 19.4. The van der Waals surface area contributed by atoms with Crippen LogP contribution in [0.4, 0.5) is 13.2 Å². The van der Waals surface area contributed by atoms with Crippen molar-refractivity contribution in [2.45, 2.75) is 19.0 Å². The van der Waals surface area contributed by atoms with Crippen LogP contribution in [-0.2, 0) is 15.7 Å². The van der Waals surface area contributed by atoms with E-state index in [1.165, 1.54) is 6.07 Å². The standard InChI is InChI=1S/C16H18F3NO4/c17-16(18,19)12-3-1-2-11(8-12)14(21)20-9-13(15(22)23)10-4-6-24-7-5-10/h1-3,8,10,13H,4-7,9H2,(H,20,21)(H,22,23). The molecule has 1 aliphatic heterocycles. The van der Waals surface area contributed by atoms with E-state index < -0.39 is 29.5 Å². The van der Waals surface area contributed by atoms with Crippen LogP contribution in [0.3, 0.4) is 0 Å². The average molecular weight is 345 g/mol. The van der Waals surface area contributed by atoms with Crippen LogP contribution < -0.4 is 5.32 Å². The average Bonchev–Trinajstić information content (AvgIpc) is 2.55. The molecule has 1 aromatic rings. The number of ether oxygens (including phenoxy) is 1. The summed E-state index contributed by atoms with van der Waals surface area (Å²) in [7, 11) is 0. The van der Waals surface area contributed by atoms with Gasteiger partial charge in [-0.05, 0) is 37.0 Å². The summed E-state index contributed by atoms with van der Waals surface area (Å²) in [5, 5.41) is 11.7. The first-order chi connectivity index (χ1) is 11.3. The fourth-order valence-electron chi connectivity index (χ4n) is 2.72. The Labute approximate surface area is 136 Å². The minimum absolute atomic E-state index is 0.127. The zero-order valence-electron chi connectivity index (χ0n) is 12.8. The normalized spacial score (nSPS) is 17.3. The van der Waals surface area contributed by atoms with Crippen molar-refractivity contribution in [3.8, 4) is 0 Å². The van der Waals surface area contributed by atoms with Gasteiger partial charge < -0.3 is 15.2 Å². The first-order valence-electron chi connectivity index (χ1n) is 7.55. The number of carboxylic acids is 1. The number of nitrogens with one attached hydrogen (secondary N) is 1. The number of halogens is 3. The van der Waals surface area contributed by atoms with Crippen LogP contribution in [0.15, 0.2) is 24.3 Å². The number of carbonyl (C=O) groups excluding carboxylic acids is 1. The first-order valence-corrected chi connectivity index (χ1v) is 7.55. The van der Waals surface area contributed by atoms with Gasteiger partial charge in [0.2, 0.25) is 0 Å². The smallest absolute Gasteiger partial charge is 0.416 e. The molecule has 2 rings (SSSR count). The van der Waals surface area contributed by atoms with Gasteiger partial charge in [0.05, 0.1) is 11.5 Å². The van der Waals surface area contributed by atoms with Gasteiger partial charge in [-0.15, -0.1) is 0 Å². The Bertz CT molecular complexity index is 597. The van der Waals surface area contributed by atoms with E-state index in [1.807, 2.05) is 0 Å². The van der Waals surface area contributed by atoms with Crippen LogP contribution in [0.1, 0.15) is 28.8 Å². The second kappa shape index (κ2) is 7.65. The molecule has 1 aliphatic rings. The lowest BCUT2D eigenvalue weighted by Crippen LogP contribution is -2.39. The summed E-state index contributed by atoms with van der Waals surface area (Å²) in [6.45, 7) is 0.807. The molecule has 0 spiro atoms. The quantitative estimate of drug-likeness (QED) is 0.860. The van der Waals surface area contributed by atoms with Crippen molar-refractivity contribution in [2.75, 3.05) is 19.8 Å². The molecule has 1 atom stereocenters. The van der Waals surface area contributed by atoms with Crippen molar-refractivity contribution in [2.24, 2.45) is 11.8 Å². The summed E-state index contributed by atoms with van der Waals surface area (Å²) in [4.78, 5) is 23.4. The maximum Gasteiger partial charge on any atom is 0.416 e. The van der Waals surface area contributed by atoms with Crippen molar-refractivity contribution in [3.05, 3.63) is 35.4 Å². The van der Waals surface area contributed by atoms with Gasteiger partial charge in [0.1, 0.15) is 0 Å². The summed E-state index contributed by atoms with van der Waals surface area (Å²) < 4.78 is 43.2. The molecule has 132 valence electrons. The molecule has 8 heteroatoms. The summed E-state index contributed by atoms with van der Waals surface area (Å²) in [5.41, 5.74) is -1.07. The number of carbonyl (C=O) groups is 2. The van der Waals surface area contributed by atoms with E-state index in [9.17, 15) is 27.9 Å². The Kier molecular flexibility index (Phi) is 5.82. The molecule has 0 bridgehead atoms. The topological polar surface area (TPSA) is 75.6 Å². The SMILES string of the molecule is O=C(NCC(C(=O)O)C1CCOCC1)c1cccc(C(F)(F)F)c1. The van der Waals surface area contributed by atoms with E-state index in [0.717, 1.165) is 18.2 Å². The number of amides is 1. The van der Waals surface area contributed by atoms with Gasteiger partial charge in [-0.3, -0.25) is 9.59 Å². The van der Waals surface area contributed by atoms with E-state index >= 15 is 0 Å². The van der Waals surface area contributed by atoms with Crippen molar-refractivity contribution in [1.82, 2.24) is 5.32 Å². The van der Waals surface area contributed by atoms with Crippen molar-refractivity contribution in [3.63, 3.8) is 0 Å². The maximum absolute atomic E-state index is 12.7. The molecular weight excluding hydrogens is 327 g/mol. The van der Waals surface area contributed by atoms with Gasteiger partial charge in [-0.1, -0.05) is 6.07 Å². The monoisotopic (exact) mass is 345 g/mol. The molecule has 1 saturated heterocycles. The number of rotatable bonds is 5. The predicted molar refractivity (Wildman–Crippen MR) is 78.4 cm³/mol. The Hall–Kier alpha value is -2.09. The summed E-state index contributed by atoms with van der Waals surface area (Å²) >= 11 is 0. The van der Waals surface area contributed by atoms with Crippen molar-refractivity contribution in [1.29, 1.82) is 0 Å². The number of aliphatic carboxylic acids is 1. The second-order valence-corrected chi connectivity index (χ2v) is 5.68. The molecule has 1 heterocycles. The fourth-order valence-corrected chi connectivity index (χ4v) is 2.72. The Morgan fingerprint density at radius 1 is 1.29 bits per heavy atom. The number of alkyl halides is 3. The lowest BCUT2D eigenvalue weighted by atomic mass is 9.86. The van der Waals surface area contributed by atoms with Gasteiger partial charge in [0.25, 0.3) is 5.91 Å². The first kappa shape index (κ1) is 18.3. The second-order valence-electron chi connectivity index (χ2n) is 5.68. The van der Waals surface area contributed by atoms with Gasteiger partial charge in [-0.25, -0.2) is 0 Å². The van der Waals surface area contributed by atoms with E-state index in [4.69, 9.17) is 4.74 Å². The highest BCUT2D eigenvalue weighted by Gasteiger charge is 2.32. The van der Waals surface area contributed by atoms with Gasteiger partial charge >= 0.3 is 12.1 Å². The summed E-state index contributed by atoms with van der Waals surface area (Å²) in [6, 6.07) is 4.03. The highest BCUT2D eigenvalue weighted by Crippen LogP contribution is 2.29. The molecule has 1 aromatic carbocycles. The Morgan fingerprint density at radius 3 is 2.54 bits per heavy atom. The predicted octanol–water partition coefficient (Wildman–Crippen LogP) is 2.56. The third-order valence-electron chi connectivity index (χ3n) is 4.09. The number of hydrogen-bond acceptors (Lipinski definition) is 3. The molecule has 0 radical (unpaired) electrons. The molecule has 2 N–H and O–H groups in total. The maximum atomic E-state index is 12.7. The minimum Gasteiger partial charge on any atom is -0.481 e. The molecule has 1 fully saturated rings. The van der Waals surface area contributed by atoms with Crippen LogP contribution >= 0.6 is 0 Å². The van der Waals surface area contributed by atoms with E-state index in [2.05, 4.69) is 5.32 Å². The lowest BCUT2D eigenvalue weighted by Gasteiger charge is -2.27. The zero-order chi connectivity index (χ0) is 17.7. The third kappa shape index (κ3) is 4.70. The summed E-state index contributed by atoms with van der Waals surface area (Å²) in [6.07, 6.45) is -3.38. The zero-order valence-corrected chi connectivity index (χ0v) is 12.8. The number of hydrogen-bond donors (Lipinski definition) is 2. The Balaban J connectivity index is 2.01. The number of benzene rings is 1. The van der Waals surface area contributed by atoms with Crippen molar-refractivity contribution >= 4 is 11.9 Å². The molecule has 24 heavy (non-hydrogen) atoms.